The van der Waals surface area contributed by atoms with E-state index in [-0.39, 0.29) is 18.6 Å². The Labute approximate surface area is 171 Å². The molecule has 1 aromatic heterocycles. The van der Waals surface area contributed by atoms with E-state index in [1.165, 1.54) is 16.7 Å². The number of likely N-dealkylation sites (tertiary alicyclic amines) is 1. The van der Waals surface area contributed by atoms with Gasteiger partial charge in [0.25, 0.3) is 5.91 Å². The molecule has 158 valence electrons. The molecule has 1 aliphatic heterocycles. The number of ether oxygens (including phenoxy) is 1. The maximum absolute atomic E-state index is 12.1. The number of carbonyl (C=O) groups excluding carboxylic acids is 1. The molecule has 29 heavy (non-hydrogen) atoms. The number of hydrogen-bond acceptors (Lipinski definition) is 6. The minimum absolute atomic E-state index is 0.0536. The molecule has 0 aliphatic carbocycles. The summed E-state index contributed by atoms with van der Waals surface area (Å²) in [6, 6.07) is 4.39. The number of nitrogens with one attached hydrogen (secondary N) is 1. The van der Waals surface area contributed by atoms with Gasteiger partial charge in [-0.2, -0.15) is 0 Å². The fourth-order valence-electron chi connectivity index (χ4n) is 3.81. The zero-order valence-corrected chi connectivity index (χ0v) is 17.5. The number of nitrogens with zero attached hydrogens (tertiary/aromatic N) is 4. The van der Waals surface area contributed by atoms with Gasteiger partial charge in [0, 0.05) is 26.2 Å². The van der Waals surface area contributed by atoms with Gasteiger partial charge < -0.3 is 15.2 Å². The molecular formula is C21H31N5O3. The largest absolute Gasteiger partial charge is 0.496 e. The first kappa shape index (κ1) is 21.3. The summed E-state index contributed by atoms with van der Waals surface area (Å²) < 4.78 is 7.24. The SMILES string of the molecule is COc1ccc(CN2CCC[C@@H](n3cc(C(=O)NCCCO)nn3)C2)c(C)c1C. The maximum atomic E-state index is 12.1. The second-order valence-electron chi connectivity index (χ2n) is 7.62. The normalized spacial score (nSPS) is 17.3. The third-order valence-electron chi connectivity index (χ3n) is 5.68. The van der Waals surface area contributed by atoms with Crippen LogP contribution in [0.2, 0.25) is 0 Å². The average Bonchev–Trinajstić information content (AvgIpc) is 3.22. The summed E-state index contributed by atoms with van der Waals surface area (Å²) in [5.41, 5.74) is 4.09. The quantitative estimate of drug-likeness (QED) is 0.656. The molecule has 1 atom stereocenters. The molecule has 0 unspecified atom stereocenters. The van der Waals surface area contributed by atoms with Crippen LogP contribution in [-0.2, 0) is 6.54 Å². The molecule has 8 heteroatoms. The van der Waals surface area contributed by atoms with E-state index in [9.17, 15) is 4.79 Å². The van der Waals surface area contributed by atoms with E-state index in [1.807, 2.05) is 10.7 Å². The number of carbonyl (C=O) groups is 1. The van der Waals surface area contributed by atoms with Gasteiger partial charge in [-0.25, -0.2) is 4.68 Å². The van der Waals surface area contributed by atoms with Crippen LogP contribution in [0.1, 0.15) is 52.5 Å². The van der Waals surface area contributed by atoms with E-state index in [4.69, 9.17) is 9.84 Å². The predicted octanol–water partition coefficient (Wildman–Crippen LogP) is 1.85. The topological polar surface area (TPSA) is 92.5 Å². The molecule has 1 aromatic carbocycles. The second kappa shape index (κ2) is 9.84. The number of aromatic nitrogens is 3. The van der Waals surface area contributed by atoms with Gasteiger partial charge in [-0.05, 0) is 62.4 Å². The number of piperidine rings is 1. The third kappa shape index (κ3) is 5.13. The predicted molar refractivity (Wildman–Crippen MR) is 110 cm³/mol. The van der Waals surface area contributed by atoms with Gasteiger partial charge in [0.1, 0.15) is 5.75 Å². The molecule has 0 bridgehead atoms. The first-order valence-corrected chi connectivity index (χ1v) is 10.2. The van der Waals surface area contributed by atoms with Crippen LogP contribution in [-0.4, -0.2) is 64.3 Å². The van der Waals surface area contributed by atoms with E-state index in [0.717, 1.165) is 38.2 Å². The minimum atomic E-state index is -0.248. The van der Waals surface area contributed by atoms with Crippen molar-refractivity contribution in [3.8, 4) is 5.75 Å². The molecule has 2 N–H and O–H groups in total. The number of methoxy groups -OCH3 is 1. The van der Waals surface area contributed by atoms with Crippen molar-refractivity contribution < 1.29 is 14.6 Å². The molecule has 3 rings (SSSR count). The third-order valence-corrected chi connectivity index (χ3v) is 5.68. The Balaban J connectivity index is 1.63. The number of benzene rings is 1. The highest BCUT2D eigenvalue weighted by atomic mass is 16.5. The molecule has 0 spiro atoms. The lowest BCUT2D eigenvalue weighted by Gasteiger charge is -2.33. The van der Waals surface area contributed by atoms with Crippen LogP contribution in [0.5, 0.6) is 5.75 Å². The summed E-state index contributed by atoms with van der Waals surface area (Å²) in [5.74, 6) is 0.678. The monoisotopic (exact) mass is 401 g/mol. The number of aliphatic hydroxyl groups excluding tert-OH is 1. The van der Waals surface area contributed by atoms with Crippen LogP contribution in [0.25, 0.3) is 0 Å². The van der Waals surface area contributed by atoms with Crippen LogP contribution >= 0.6 is 0 Å². The Kier molecular flexibility index (Phi) is 7.22. The Bertz CT molecular complexity index is 836. The summed E-state index contributed by atoms with van der Waals surface area (Å²) in [5, 5.41) is 19.8. The van der Waals surface area contributed by atoms with Crippen LogP contribution in [0, 0.1) is 13.8 Å². The molecule has 1 fully saturated rings. The highest BCUT2D eigenvalue weighted by molar-refractivity contribution is 5.91. The van der Waals surface area contributed by atoms with Crippen molar-refractivity contribution in [3.63, 3.8) is 0 Å². The first-order chi connectivity index (χ1) is 14.0. The van der Waals surface area contributed by atoms with Crippen LogP contribution in [0.15, 0.2) is 18.3 Å². The molecular weight excluding hydrogens is 370 g/mol. The van der Waals surface area contributed by atoms with Gasteiger partial charge in [-0.1, -0.05) is 11.3 Å². The molecule has 8 nitrogen and oxygen atoms in total. The summed E-state index contributed by atoms with van der Waals surface area (Å²) in [7, 11) is 1.70. The van der Waals surface area contributed by atoms with E-state index < -0.39 is 0 Å². The van der Waals surface area contributed by atoms with Gasteiger partial charge in [0.15, 0.2) is 5.69 Å². The van der Waals surface area contributed by atoms with Crippen molar-refractivity contribution in [2.45, 2.75) is 45.7 Å². The highest BCUT2D eigenvalue weighted by Gasteiger charge is 2.24. The molecule has 1 saturated heterocycles. The lowest BCUT2D eigenvalue weighted by molar-refractivity contribution is 0.0946. The zero-order chi connectivity index (χ0) is 20.8. The number of rotatable bonds is 8. The van der Waals surface area contributed by atoms with Crippen molar-refractivity contribution in [1.29, 1.82) is 0 Å². The lowest BCUT2D eigenvalue weighted by Crippen LogP contribution is -2.36. The van der Waals surface area contributed by atoms with Crippen molar-refractivity contribution in [2.24, 2.45) is 0 Å². The number of hydrogen-bond donors (Lipinski definition) is 2. The van der Waals surface area contributed by atoms with Crippen molar-refractivity contribution in [2.75, 3.05) is 33.4 Å². The van der Waals surface area contributed by atoms with Crippen LogP contribution < -0.4 is 10.1 Å². The Hall–Kier alpha value is -2.45. The van der Waals surface area contributed by atoms with E-state index in [2.05, 4.69) is 40.4 Å². The van der Waals surface area contributed by atoms with Gasteiger partial charge in [-0.15, -0.1) is 5.10 Å². The Morgan fingerprint density at radius 2 is 2.17 bits per heavy atom. The smallest absolute Gasteiger partial charge is 0.273 e. The fourth-order valence-corrected chi connectivity index (χ4v) is 3.81. The molecule has 0 radical (unpaired) electrons. The van der Waals surface area contributed by atoms with Gasteiger partial charge in [-0.3, -0.25) is 9.69 Å². The highest BCUT2D eigenvalue weighted by Crippen LogP contribution is 2.27. The van der Waals surface area contributed by atoms with Crippen molar-refractivity contribution in [3.05, 3.63) is 40.7 Å². The van der Waals surface area contributed by atoms with E-state index >= 15 is 0 Å². The summed E-state index contributed by atoms with van der Waals surface area (Å²) in [6.45, 7) is 7.53. The maximum Gasteiger partial charge on any atom is 0.273 e. The van der Waals surface area contributed by atoms with Crippen LogP contribution in [0.4, 0.5) is 0 Å². The summed E-state index contributed by atoms with van der Waals surface area (Å²) in [4.78, 5) is 14.5. The minimum Gasteiger partial charge on any atom is -0.496 e. The second-order valence-corrected chi connectivity index (χ2v) is 7.62. The standard InChI is InChI=1S/C21H31N5O3/c1-15-16(2)20(29-3)8-7-17(15)12-25-10-4-6-18(13-25)26-14-19(23-24-26)21(28)22-9-5-11-27/h7-8,14,18,27H,4-6,9-13H2,1-3H3,(H,22,28)/t18-/m1/s1. The first-order valence-electron chi connectivity index (χ1n) is 10.2. The fraction of sp³-hybridized carbons (Fsp3) is 0.571. The number of aliphatic hydroxyl groups is 1. The van der Waals surface area contributed by atoms with Crippen LogP contribution in [0.3, 0.4) is 0 Å². The van der Waals surface area contributed by atoms with E-state index in [0.29, 0.717) is 18.7 Å². The summed E-state index contributed by atoms with van der Waals surface area (Å²) >= 11 is 0. The summed E-state index contributed by atoms with van der Waals surface area (Å²) in [6.07, 6.45) is 4.36. The molecule has 1 aliphatic rings. The molecule has 2 aromatic rings. The van der Waals surface area contributed by atoms with Gasteiger partial charge in [0.05, 0.1) is 19.3 Å². The Morgan fingerprint density at radius 3 is 2.93 bits per heavy atom. The molecule has 0 saturated carbocycles. The van der Waals surface area contributed by atoms with Crippen molar-refractivity contribution >= 4 is 5.91 Å². The van der Waals surface area contributed by atoms with Crippen molar-refractivity contribution in [1.82, 2.24) is 25.2 Å². The van der Waals surface area contributed by atoms with Gasteiger partial charge in [0.2, 0.25) is 0 Å². The average molecular weight is 402 g/mol. The lowest BCUT2D eigenvalue weighted by atomic mass is 10.00. The van der Waals surface area contributed by atoms with Gasteiger partial charge >= 0.3 is 0 Å². The number of amides is 1. The molecule has 2 heterocycles. The molecule has 1 amide bonds. The Morgan fingerprint density at radius 1 is 1.34 bits per heavy atom. The zero-order valence-electron chi connectivity index (χ0n) is 17.5. The van der Waals surface area contributed by atoms with E-state index in [1.54, 1.807) is 13.3 Å².